The van der Waals surface area contributed by atoms with Gasteiger partial charge in [-0.1, -0.05) is 42.5 Å². The third-order valence-electron chi connectivity index (χ3n) is 2.21. The Hall–Kier alpha value is -1.76. The standard InChI is InChI=1S/C15H19N/c1-4-6-8-10-14(9-7-5-2)15-11-12-16(3)13-15/h4-13H,1-3H3/b6-4-,7-5+,10-8-,14-9+. The molecule has 0 unspecified atom stereocenters. The van der Waals surface area contributed by atoms with E-state index in [1.54, 1.807) is 0 Å². The minimum absolute atomic E-state index is 1.22. The number of aryl methyl sites for hydroxylation is 1. The first-order valence-corrected chi connectivity index (χ1v) is 5.52. The highest BCUT2D eigenvalue weighted by Crippen LogP contribution is 2.16. The zero-order chi connectivity index (χ0) is 11.8. The second kappa shape index (κ2) is 6.67. The van der Waals surface area contributed by atoms with E-state index in [9.17, 15) is 0 Å². The Kier molecular flexibility index (Phi) is 5.13. The van der Waals surface area contributed by atoms with E-state index in [4.69, 9.17) is 0 Å². The highest BCUT2D eigenvalue weighted by molar-refractivity contribution is 5.75. The zero-order valence-electron chi connectivity index (χ0n) is 10.2. The van der Waals surface area contributed by atoms with Crippen LogP contribution in [0.4, 0.5) is 0 Å². The maximum absolute atomic E-state index is 2.12. The molecule has 0 N–H and O–H groups in total. The van der Waals surface area contributed by atoms with Gasteiger partial charge in [-0.3, -0.25) is 0 Å². The molecule has 0 fully saturated rings. The summed E-state index contributed by atoms with van der Waals surface area (Å²) in [5, 5.41) is 0. The van der Waals surface area contributed by atoms with E-state index in [1.165, 1.54) is 11.1 Å². The fourth-order valence-corrected chi connectivity index (χ4v) is 1.39. The first-order chi connectivity index (χ1) is 7.77. The number of rotatable bonds is 4. The summed E-state index contributed by atoms with van der Waals surface area (Å²) in [5.41, 5.74) is 2.46. The maximum Gasteiger partial charge on any atom is 0.0110 e. The minimum Gasteiger partial charge on any atom is -0.357 e. The van der Waals surface area contributed by atoms with E-state index < -0.39 is 0 Å². The smallest absolute Gasteiger partial charge is 0.0110 e. The number of allylic oxidation sites excluding steroid dienone is 8. The van der Waals surface area contributed by atoms with Crippen LogP contribution in [0.15, 0.2) is 61.0 Å². The average molecular weight is 213 g/mol. The zero-order valence-corrected chi connectivity index (χ0v) is 10.2. The highest BCUT2D eigenvalue weighted by atomic mass is 14.9. The minimum atomic E-state index is 1.22. The molecule has 84 valence electrons. The van der Waals surface area contributed by atoms with Crippen molar-refractivity contribution in [1.29, 1.82) is 0 Å². The van der Waals surface area contributed by atoms with Crippen LogP contribution in [0.25, 0.3) is 5.57 Å². The quantitative estimate of drug-likeness (QED) is 0.663. The van der Waals surface area contributed by atoms with Gasteiger partial charge in [0, 0.05) is 19.4 Å². The van der Waals surface area contributed by atoms with Gasteiger partial charge in [0.05, 0.1) is 0 Å². The molecule has 0 spiro atoms. The Morgan fingerprint density at radius 1 is 1.12 bits per heavy atom. The summed E-state index contributed by atoms with van der Waals surface area (Å²) in [6.45, 7) is 4.04. The molecule has 0 bridgehead atoms. The van der Waals surface area contributed by atoms with Crippen molar-refractivity contribution in [2.75, 3.05) is 0 Å². The third-order valence-corrected chi connectivity index (χ3v) is 2.21. The van der Waals surface area contributed by atoms with Crippen LogP contribution in [0.2, 0.25) is 0 Å². The van der Waals surface area contributed by atoms with Gasteiger partial charge in [0.1, 0.15) is 0 Å². The Morgan fingerprint density at radius 3 is 2.44 bits per heavy atom. The van der Waals surface area contributed by atoms with Crippen molar-refractivity contribution in [3.8, 4) is 0 Å². The van der Waals surface area contributed by atoms with Crippen molar-refractivity contribution in [2.45, 2.75) is 13.8 Å². The van der Waals surface area contributed by atoms with Crippen LogP contribution in [-0.4, -0.2) is 4.57 Å². The molecule has 0 atom stereocenters. The normalized spacial score (nSPS) is 13.6. The largest absolute Gasteiger partial charge is 0.357 e. The van der Waals surface area contributed by atoms with Gasteiger partial charge in [-0.2, -0.15) is 0 Å². The van der Waals surface area contributed by atoms with E-state index in [0.717, 1.165) is 0 Å². The van der Waals surface area contributed by atoms with Gasteiger partial charge < -0.3 is 4.57 Å². The molecule has 0 aliphatic rings. The summed E-state index contributed by atoms with van der Waals surface area (Å²) >= 11 is 0. The summed E-state index contributed by atoms with van der Waals surface area (Å²) in [4.78, 5) is 0. The number of hydrogen-bond acceptors (Lipinski definition) is 0. The number of nitrogens with zero attached hydrogens (tertiary/aromatic N) is 1. The lowest BCUT2D eigenvalue weighted by atomic mass is 10.1. The SMILES string of the molecule is C\C=C/C=C\C(=C/C=C/C)c1ccn(C)c1. The lowest BCUT2D eigenvalue weighted by Gasteiger charge is -1.96. The fraction of sp³-hybridized carbons (Fsp3) is 0.200. The molecule has 1 heteroatoms. The summed E-state index contributed by atoms with van der Waals surface area (Å²) in [6.07, 6.45) is 18.6. The lowest BCUT2D eigenvalue weighted by Crippen LogP contribution is -1.80. The van der Waals surface area contributed by atoms with Crippen molar-refractivity contribution in [3.05, 3.63) is 66.6 Å². The molecule has 1 heterocycles. The van der Waals surface area contributed by atoms with Crippen molar-refractivity contribution < 1.29 is 0 Å². The molecule has 0 amide bonds. The molecule has 16 heavy (non-hydrogen) atoms. The molecule has 1 aromatic heterocycles. The summed E-state index contributed by atoms with van der Waals surface area (Å²) < 4.78 is 2.06. The average Bonchev–Trinajstić information content (AvgIpc) is 2.70. The molecular weight excluding hydrogens is 194 g/mol. The topological polar surface area (TPSA) is 4.93 Å². The molecule has 1 aromatic rings. The first kappa shape index (κ1) is 12.3. The Morgan fingerprint density at radius 2 is 1.88 bits per heavy atom. The van der Waals surface area contributed by atoms with Crippen LogP contribution in [0, 0.1) is 0 Å². The van der Waals surface area contributed by atoms with Gasteiger partial charge in [0.25, 0.3) is 0 Å². The molecule has 1 nitrogen and oxygen atoms in total. The second-order valence-corrected chi connectivity index (χ2v) is 3.60. The summed E-state index contributed by atoms with van der Waals surface area (Å²) in [6, 6.07) is 2.12. The van der Waals surface area contributed by atoms with E-state index >= 15 is 0 Å². The van der Waals surface area contributed by atoms with Gasteiger partial charge in [0.2, 0.25) is 0 Å². The Balaban J connectivity index is 2.96. The fourth-order valence-electron chi connectivity index (χ4n) is 1.39. The molecule has 0 aliphatic heterocycles. The Labute approximate surface area is 98.1 Å². The van der Waals surface area contributed by atoms with E-state index in [-0.39, 0.29) is 0 Å². The van der Waals surface area contributed by atoms with E-state index in [0.29, 0.717) is 0 Å². The molecule has 0 radical (unpaired) electrons. The first-order valence-electron chi connectivity index (χ1n) is 5.52. The van der Waals surface area contributed by atoms with E-state index in [2.05, 4.69) is 47.3 Å². The predicted octanol–water partition coefficient (Wildman–Crippen LogP) is 4.12. The predicted molar refractivity (Wildman–Crippen MR) is 72.2 cm³/mol. The van der Waals surface area contributed by atoms with E-state index in [1.807, 2.05) is 39.1 Å². The van der Waals surface area contributed by atoms with Crippen LogP contribution >= 0.6 is 0 Å². The number of aromatic nitrogens is 1. The highest BCUT2D eigenvalue weighted by Gasteiger charge is 1.97. The second-order valence-electron chi connectivity index (χ2n) is 3.60. The van der Waals surface area contributed by atoms with Gasteiger partial charge >= 0.3 is 0 Å². The van der Waals surface area contributed by atoms with Gasteiger partial charge in [0.15, 0.2) is 0 Å². The van der Waals surface area contributed by atoms with Crippen molar-refractivity contribution >= 4 is 5.57 Å². The van der Waals surface area contributed by atoms with Gasteiger partial charge in [-0.25, -0.2) is 0 Å². The van der Waals surface area contributed by atoms with Crippen LogP contribution in [0.5, 0.6) is 0 Å². The molecular formula is C15H19N. The van der Waals surface area contributed by atoms with Crippen molar-refractivity contribution in [2.24, 2.45) is 7.05 Å². The number of hydrogen-bond donors (Lipinski definition) is 0. The van der Waals surface area contributed by atoms with Crippen LogP contribution < -0.4 is 0 Å². The third kappa shape index (κ3) is 3.77. The van der Waals surface area contributed by atoms with Crippen LogP contribution in [-0.2, 0) is 7.05 Å². The van der Waals surface area contributed by atoms with Crippen LogP contribution in [0.3, 0.4) is 0 Å². The Bertz CT molecular complexity index is 428. The molecule has 1 rings (SSSR count). The molecule has 0 aliphatic carbocycles. The maximum atomic E-state index is 2.12. The molecule has 0 aromatic carbocycles. The lowest BCUT2D eigenvalue weighted by molar-refractivity contribution is 0.927. The monoisotopic (exact) mass is 213 g/mol. The van der Waals surface area contributed by atoms with Gasteiger partial charge in [-0.15, -0.1) is 0 Å². The summed E-state index contributed by atoms with van der Waals surface area (Å²) in [7, 11) is 2.03. The summed E-state index contributed by atoms with van der Waals surface area (Å²) in [5.74, 6) is 0. The van der Waals surface area contributed by atoms with Gasteiger partial charge in [-0.05, 0) is 31.1 Å². The van der Waals surface area contributed by atoms with Crippen molar-refractivity contribution in [1.82, 2.24) is 4.57 Å². The van der Waals surface area contributed by atoms with Crippen LogP contribution in [0.1, 0.15) is 19.4 Å². The molecule has 0 saturated heterocycles. The molecule has 0 saturated carbocycles. The van der Waals surface area contributed by atoms with Crippen molar-refractivity contribution in [3.63, 3.8) is 0 Å².